The zero-order valence-electron chi connectivity index (χ0n) is 11.1. The summed E-state index contributed by atoms with van der Waals surface area (Å²) in [7, 11) is 0. The monoisotopic (exact) mass is 276 g/mol. The molecule has 1 heterocycles. The number of aliphatic hydroxyl groups excluding tert-OH is 1. The van der Waals surface area contributed by atoms with E-state index in [1.54, 1.807) is 18.3 Å². The van der Waals surface area contributed by atoms with Gasteiger partial charge in [-0.2, -0.15) is 0 Å². The van der Waals surface area contributed by atoms with Gasteiger partial charge >= 0.3 is 0 Å². The molecule has 1 fully saturated rings. The van der Waals surface area contributed by atoms with Crippen LogP contribution in [0.3, 0.4) is 0 Å². The third kappa shape index (κ3) is 3.23. The fourth-order valence-electron chi connectivity index (χ4n) is 2.32. The van der Waals surface area contributed by atoms with Crippen LogP contribution in [0.4, 0.5) is 4.39 Å². The number of hydrogen-bond acceptors (Lipinski definition) is 4. The van der Waals surface area contributed by atoms with Crippen LogP contribution in [-0.4, -0.2) is 27.7 Å². The highest BCUT2D eigenvalue weighted by atomic mass is 19.1. The average molecular weight is 276 g/mol. The maximum Gasteiger partial charge on any atom is 0.150 e. The van der Waals surface area contributed by atoms with Crippen LogP contribution in [0.1, 0.15) is 30.3 Å². The minimum Gasteiger partial charge on any atom is -0.387 e. The van der Waals surface area contributed by atoms with Crippen molar-refractivity contribution in [2.75, 3.05) is 6.54 Å². The van der Waals surface area contributed by atoms with Crippen LogP contribution >= 0.6 is 0 Å². The van der Waals surface area contributed by atoms with E-state index in [0.717, 1.165) is 24.2 Å². The van der Waals surface area contributed by atoms with E-state index >= 15 is 0 Å². The molecule has 5 heteroatoms. The van der Waals surface area contributed by atoms with Gasteiger partial charge in [0.05, 0.1) is 18.8 Å². The fraction of sp³-hybridized carbons (Fsp3) is 0.400. The molecule has 1 aromatic carbocycles. The summed E-state index contributed by atoms with van der Waals surface area (Å²) >= 11 is 0. The summed E-state index contributed by atoms with van der Waals surface area (Å²) in [5, 5.41) is 14.0. The Labute approximate surface area is 116 Å². The molecule has 20 heavy (non-hydrogen) atoms. The molecule has 0 bridgehead atoms. The molecular weight excluding hydrogens is 259 g/mol. The van der Waals surface area contributed by atoms with Crippen molar-refractivity contribution in [2.24, 2.45) is 0 Å². The van der Waals surface area contributed by atoms with Crippen molar-refractivity contribution < 1.29 is 14.0 Å². The first-order valence-electron chi connectivity index (χ1n) is 6.79. The van der Waals surface area contributed by atoms with Crippen molar-refractivity contribution in [1.29, 1.82) is 0 Å². The first kappa shape index (κ1) is 13.3. The van der Waals surface area contributed by atoms with Gasteiger partial charge in [0.25, 0.3) is 0 Å². The summed E-state index contributed by atoms with van der Waals surface area (Å²) in [6, 6.07) is 8.32. The molecule has 0 aliphatic heterocycles. The van der Waals surface area contributed by atoms with E-state index in [1.165, 1.54) is 12.1 Å². The third-order valence-electron chi connectivity index (χ3n) is 3.58. The van der Waals surface area contributed by atoms with Gasteiger partial charge in [0, 0.05) is 18.7 Å². The summed E-state index contributed by atoms with van der Waals surface area (Å²) in [6.45, 7) is 1.15. The molecule has 3 rings (SSSR count). The molecule has 1 atom stereocenters. The molecular formula is C15H17FN2O2. The molecule has 106 valence electrons. The second-order valence-corrected chi connectivity index (χ2v) is 5.21. The number of aliphatic hydroxyl groups is 1. The first-order chi connectivity index (χ1) is 9.72. The lowest BCUT2D eigenvalue weighted by atomic mass is 10.1. The molecule has 0 saturated heterocycles. The van der Waals surface area contributed by atoms with Gasteiger partial charge in [-0.1, -0.05) is 17.3 Å². The lowest BCUT2D eigenvalue weighted by Crippen LogP contribution is -2.30. The number of benzene rings is 1. The highest BCUT2D eigenvalue weighted by Crippen LogP contribution is 2.30. The van der Waals surface area contributed by atoms with Crippen LogP contribution < -0.4 is 0 Å². The highest BCUT2D eigenvalue weighted by molar-refractivity contribution is 5.19. The van der Waals surface area contributed by atoms with Crippen molar-refractivity contribution in [2.45, 2.75) is 31.5 Å². The Bertz CT molecular complexity index is 538. The van der Waals surface area contributed by atoms with Gasteiger partial charge in [-0.15, -0.1) is 0 Å². The Balaban J connectivity index is 1.65. The van der Waals surface area contributed by atoms with Crippen molar-refractivity contribution in [3.63, 3.8) is 0 Å². The van der Waals surface area contributed by atoms with Crippen molar-refractivity contribution in [3.8, 4) is 0 Å². The molecule has 0 radical (unpaired) electrons. The Kier molecular flexibility index (Phi) is 3.80. The smallest absolute Gasteiger partial charge is 0.150 e. The van der Waals surface area contributed by atoms with Gasteiger partial charge in [0.1, 0.15) is 5.82 Å². The molecule has 4 nitrogen and oxygen atoms in total. The lowest BCUT2D eigenvalue weighted by Gasteiger charge is -2.24. The van der Waals surface area contributed by atoms with Crippen molar-refractivity contribution >= 4 is 0 Å². The Morgan fingerprint density at radius 1 is 1.30 bits per heavy atom. The van der Waals surface area contributed by atoms with Gasteiger partial charge in [0.15, 0.2) is 5.76 Å². The average Bonchev–Trinajstić information content (AvgIpc) is 3.17. The fourth-order valence-corrected chi connectivity index (χ4v) is 2.32. The Morgan fingerprint density at radius 3 is 2.65 bits per heavy atom. The predicted octanol–water partition coefficient (Wildman–Crippen LogP) is 2.51. The van der Waals surface area contributed by atoms with Gasteiger partial charge in [0.2, 0.25) is 0 Å². The van der Waals surface area contributed by atoms with E-state index in [2.05, 4.69) is 10.1 Å². The van der Waals surface area contributed by atoms with E-state index in [4.69, 9.17) is 4.52 Å². The highest BCUT2D eigenvalue weighted by Gasteiger charge is 2.31. The summed E-state index contributed by atoms with van der Waals surface area (Å²) < 4.78 is 18.0. The maximum atomic E-state index is 12.9. The second-order valence-electron chi connectivity index (χ2n) is 5.21. The summed E-state index contributed by atoms with van der Waals surface area (Å²) in [6.07, 6.45) is 3.28. The topological polar surface area (TPSA) is 49.5 Å². The van der Waals surface area contributed by atoms with Crippen molar-refractivity contribution in [3.05, 3.63) is 53.7 Å². The summed E-state index contributed by atoms with van der Waals surface area (Å²) in [4.78, 5) is 2.19. The number of aromatic nitrogens is 1. The van der Waals surface area contributed by atoms with E-state index in [0.29, 0.717) is 19.1 Å². The van der Waals surface area contributed by atoms with E-state index < -0.39 is 6.10 Å². The SMILES string of the molecule is OC(CN(Cc1ccno1)C1CC1)c1ccc(F)cc1. The third-order valence-corrected chi connectivity index (χ3v) is 3.58. The normalized spacial score (nSPS) is 16.6. The molecule has 0 spiro atoms. The Morgan fingerprint density at radius 2 is 2.05 bits per heavy atom. The van der Waals surface area contributed by atoms with Gasteiger partial charge < -0.3 is 9.63 Å². The van der Waals surface area contributed by atoms with Gasteiger partial charge in [-0.05, 0) is 30.5 Å². The van der Waals surface area contributed by atoms with Crippen LogP contribution in [0.5, 0.6) is 0 Å². The first-order valence-corrected chi connectivity index (χ1v) is 6.79. The standard InChI is InChI=1S/C15H17FN2O2/c16-12-3-1-11(2-4-12)15(19)10-18(13-5-6-13)9-14-7-8-17-20-14/h1-4,7-8,13,15,19H,5-6,9-10H2. The minimum atomic E-state index is -0.626. The van der Waals surface area contributed by atoms with Crippen molar-refractivity contribution in [1.82, 2.24) is 10.1 Å². The molecule has 1 N–H and O–H groups in total. The summed E-state index contributed by atoms with van der Waals surface area (Å²) in [5.74, 6) is 0.505. The number of halogens is 1. The molecule has 1 aliphatic rings. The zero-order valence-corrected chi connectivity index (χ0v) is 11.1. The maximum absolute atomic E-state index is 12.9. The Hall–Kier alpha value is -1.72. The van der Waals surface area contributed by atoms with Crippen LogP contribution in [0.25, 0.3) is 0 Å². The number of rotatable bonds is 6. The van der Waals surface area contributed by atoms with E-state index in [9.17, 15) is 9.50 Å². The van der Waals surface area contributed by atoms with Gasteiger partial charge in [-0.25, -0.2) is 4.39 Å². The van der Waals surface area contributed by atoms with E-state index in [-0.39, 0.29) is 5.82 Å². The summed E-state index contributed by atoms with van der Waals surface area (Å²) in [5.41, 5.74) is 0.731. The molecule has 1 aliphatic carbocycles. The molecule has 1 aromatic heterocycles. The molecule has 1 saturated carbocycles. The largest absolute Gasteiger partial charge is 0.387 e. The van der Waals surface area contributed by atoms with Crippen LogP contribution in [0, 0.1) is 5.82 Å². The van der Waals surface area contributed by atoms with Crippen LogP contribution in [0.15, 0.2) is 41.1 Å². The number of hydrogen-bond donors (Lipinski definition) is 1. The van der Waals surface area contributed by atoms with Crippen LogP contribution in [-0.2, 0) is 6.54 Å². The minimum absolute atomic E-state index is 0.290. The van der Waals surface area contributed by atoms with Gasteiger partial charge in [-0.3, -0.25) is 4.90 Å². The molecule has 0 amide bonds. The lowest BCUT2D eigenvalue weighted by molar-refractivity contribution is 0.0983. The quantitative estimate of drug-likeness (QED) is 0.880. The zero-order chi connectivity index (χ0) is 13.9. The van der Waals surface area contributed by atoms with Crippen LogP contribution in [0.2, 0.25) is 0 Å². The molecule has 1 unspecified atom stereocenters. The second kappa shape index (κ2) is 5.73. The molecule has 2 aromatic rings. The number of nitrogens with zero attached hydrogens (tertiary/aromatic N) is 2. The van der Waals surface area contributed by atoms with E-state index in [1.807, 2.05) is 6.07 Å². The predicted molar refractivity (Wildman–Crippen MR) is 71.3 cm³/mol.